The number of hydrogen-bond donors (Lipinski definition) is 1. The van der Waals surface area contributed by atoms with E-state index in [0.29, 0.717) is 0 Å². The van der Waals surface area contributed by atoms with E-state index in [9.17, 15) is 13.2 Å². The van der Waals surface area contributed by atoms with Gasteiger partial charge in [-0.2, -0.15) is 13.2 Å². The summed E-state index contributed by atoms with van der Waals surface area (Å²) >= 11 is 0. The fraction of sp³-hybridized carbons (Fsp3) is 0.600. The minimum absolute atomic E-state index is 0.170. The average Bonchev–Trinajstić information content (AvgIpc) is 2.32. The number of anilines is 1. The van der Waals surface area contributed by atoms with Crippen LogP contribution in [0, 0.1) is 0 Å². The summed E-state index contributed by atoms with van der Waals surface area (Å²) in [5, 5.41) is 3.10. The highest BCUT2D eigenvalue weighted by molar-refractivity contribution is 5.53. The zero-order valence-corrected chi connectivity index (χ0v) is 11.0. The second-order valence-electron chi connectivity index (χ2n) is 5.23. The van der Waals surface area contributed by atoms with E-state index >= 15 is 0 Å². The number of hydrogen-bond acceptors (Lipinski definition) is 1. The van der Waals surface area contributed by atoms with E-state index < -0.39 is 11.7 Å². The molecular formula is C15H20F3N. The van der Waals surface area contributed by atoms with Gasteiger partial charge in [0.15, 0.2) is 0 Å². The lowest BCUT2D eigenvalue weighted by Crippen LogP contribution is -2.22. The molecule has 1 aromatic carbocycles. The molecule has 0 aliphatic heterocycles. The minimum atomic E-state index is -4.29. The Morgan fingerprint density at radius 2 is 1.47 bits per heavy atom. The maximum absolute atomic E-state index is 12.9. The van der Waals surface area contributed by atoms with E-state index in [1.54, 1.807) is 6.07 Å². The van der Waals surface area contributed by atoms with Crippen molar-refractivity contribution in [3.8, 4) is 0 Å². The van der Waals surface area contributed by atoms with Crippen LogP contribution in [-0.4, -0.2) is 6.04 Å². The third kappa shape index (κ3) is 4.15. The van der Waals surface area contributed by atoms with Crippen LogP contribution in [-0.2, 0) is 6.18 Å². The Morgan fingerprint density at radius 3 is 2.11 bits per heavy atom. The molecule has 1 saturated carbocycles. The number of nitrogens with one attached hydrogen (secondary N) is 1. The molecule has 0 unspecified atom stereocenters. The molecule has 19 heavy (non-hydrogen) atoms. The molecule has 1 aliphatic carbocycles. The van der Waals surface area contributed by atoms with Gasteiger partial charge in [-0.1, -0.05) is 44.2 Å². The Hall–Kier alpha value is -1.19. The van der Waals surface area contributed by atoms with E-state index in [2.05, 4.69) is 5.32 Å². The molecule has 1 nitrogen and oxygen atoms in total. The van der Waals surface area contributed by atoms with E-state index in [0.717, 1.165) is 31.7 Å². The summed E-state index contributed by atoms with van der Waals surface area (Å²) in [4.78, 5) is 0. The molecule has 106 valence electrons. The maximum Gasteiger partial charge on any atom is 0.418 e. The first-order valence-electron chi connectivity index (χ1n) is 7.00. The van der Waals surface area contributed by atoms with Gasteiger partial charge in [-0.3, -0.25) is 0 Å². The second-order valence-corrected chi connectivity index (χ2v) is 5.23. The van der Waals surface area contributed by atoms with Crippen molar-refractivity contribution in [3.05, 3.63) is 29.8 Å². The SMILES string of the molecule is FC(F)(F)c1ccccc1NC1CCCCCCC1. The van der Waals surface area contributed by atoms with Gasteiger partial charge in [0.05, 0.1) is 5.56 Å². The van der Waals surface area contributed by atoms with Crippen molar-refractivity contribution >= 4 is 5.69 Å². The Balaban J connectivity index is 2.09. The molecule has 0 amide bonds. The summed E-state index contributed by atoms with van der Waals surface area (Å²) in [6.07, 6.45) is 3.49. The van der Waals surface area contributed by atoms with Crippen LogP contribution in [0.1, 0.15) is 50.5 Å². The molecule has 0 radical (unpaired) electrons. The number of para-hydroxylation sites is 1. The van der Waals surface area contributed by atoms with E-state index in [-0.39, 0.29) is 11.7 Å². The summed E-state index contributed by atoms with van der Waals surface area (Å²) in [6.45, 7) is 0. The van der Waals surface area contributed by atoms with Gasteiger partial charge in [0.2, 0.25) is 0 Å². The van der Waals surface area contributed by atoms with E-state index in [1.165, 1.54) is 31.4 Å². The summed E-state index contributed by atoms with van der Waals surface area (Å²) < 4.78 is 38.7. The third-order valence-corrected chi connectivity index (χ3v) is 3.70. The quantitative estimate of drug-likeness (QED) is 0.776. The number of rotatable bonds is 2. The molecule has 1 aromatic rings. The summed E-state index contributed by atoms with van der Waals surface area (Å²) in [6, 6.07) is 5.93. The van der Waals surface area contributed by atoms with Crippen molar-refractivity contribution in [1.82, 2.24) is 0 Å². The van der Waals surface area contributed by atoms with Crippen LogP contribution in [0.15, 0.2) is 24.3 Å². The molecule has 0 bridgehead atoms. The van der Waals surface area contributed by atoms with Crippen molar-refractivity contribution in [1.29, 1.82) is 0 Å². The number of benzene rings is 1. The standard InChI is InChI=1S/C15H20F3N/c16-15(17,18)13-10-6-7-11-14(13)19-12-8-4-2-1-3-5-9-12/h6-7,10-12,19H,1-5,8-9H2. The second kappa shape index (κ2) is 6.31. The maximum atomic E-state index is 12.9. The Labute approximate surface area is 112 Å². The zero-order valence-electron chi connectivity index (χ0n) is 11.0. The molecule has 0 aromatic heterocycles. The molecule has 1 N–H and O–H groups in total. The molecule has 0 saturated heterocycles. The Morgan fingerprint density at radius 1 is 0.895 bits per heavy atom. The summed E-state index contributed by atoms with van der Waals surface area (Å²) in [5.74, 6) is 0. The van der Waals surface area contributed by atoms with Crippen LogP contribution >= 0.6 is 0 Å². The fourth-order valence-corrected chi connectivity index (χ4v) is 2.68. The zero-order chi connectivity index (χ0) is 13.7. The lowest BCUT2D eigenvalue weighted by atomic mass is 9.96. The summed E-state index contributed by atoms with van der Waals surface area (Å²) in [5.41, 5.74) is -0.336. The topological polar surface area (TPSA) is 12.0 Å². The molecule has 1 fully saturated rings. The van der Waals surface area contributed by atoms with Gasteiger partial charge in [0.25, 0.3) is 0 Å². The lowest BCUT2D eigenvalue weighted by Gasteiger charge is -2.24. The van der Waals surface area contributed by atoms with Crippen molar-refractivity contribution in [2.75, 3.05) is 5.32 Å². The van der Waals surface area contributed by atoms with Gasteiger partial charge >= 0.3 is 6.18 Å². The van der Waals surface area contributed by atoms with Gasteiger partial charge in [-0.25, -0.2) is 0 Å². The Kier molecular flexibility index (Phi) is 4.72. The normalized spacial score (nSPS) is 18.7. The fourth-order valence-electron chi connectivity index (χ4n) is 2.68. The van der Waals surface area contributed by atoms with Gasteiger partial charge in [-0.15, -0.1) is 0 Å². The molecule has 2 rings (SSSR count). The highest BCUT2D eigenvalue weighted by Gasteiger charge is 2.33. The average molecular weight is 271 g/mol. The molecule has 1 aliphatic rings. The van der Waals surface area contributed by atoms with E-state index in [1.807, 2.05) is 0 Å². The van der Waals surface area contributed by atoms with Gasteiger partial charge < -0.3 is 5.32 Å². The van der Waals surface area contributed by atoms with Gasteiger partial charge in [0.1, 0.15) is 0 Å². The highest BCUT2D eigenvalue weighted by Crippen LogP contribution is 2.35. The molecule has 0 heterocycles. The smallest absolute Gasteiger partial charge is 0.382 e. The van der Waals surface area contributed by atoms with Crippen LogP contribution in [0.3, 0.4) is 0 Å². The molecule has 4 heteroatoms. The minimum Gasteiger partial charge on any atom is -0.382 e. The van der Waals surface area contributed by atoms with Crippen LogP contribution in [0.25, 0.3) is 0 Å². The largest absolute Gasteiger partial charge is 0.418 e. The van der Waals surface area contributed by atoms with Crippen molar-refractivity contribution in [3.63, 3.8) is 0 Å². The monoisotopic (exact) mass is 271 g/mol. The molecular weight excluding hydrogens is 251 g/mol. The predicted octanol–water partition coefficient (Wildman–Crippen LogP) is 5.23. The first-order chi connectivity index (χ1) is 9.07. The predicted molar refractivity (Wildman–Crippen MR) is 71.2 cm³/mol. The molecule has 0 spiro atoms. The van der Waals surface area contributed by atoms with Crippen LogP contribution in [0.5, 0.6) is 0 Å². The van der Waals surface area contributed by atoms with Crippen LogP contribution in [0.4, 0.5) is 18.9 Å². The lowest BCUT2D eigenvalue weighted by molar-refractivity contribution is -0.137. The highest BCUT2D eigenvalue weighted by atomic mass is 19.4. The number of halogens is 3. The first kappa shape index (κ1) is 14.2. The van der Waals surface area contributed by atoms with E-state index in [4.69, 9.17) is 0 Å². The van der Waals surface area contributed by atoms with Gasteiger partial charge in [0, 0.05) is 11.7 Å². The van der Waals surface area contributed by atoms with Crippen molar-refractivity contribution in [2.45, 2.75) is 57.2 Å². The van der Waals surface area contributed by atoms with Gasteiger partial charge in [-0.05, 0) is 25.0 Å². The number of alkyl halides is 3. The van der Waals surface area contributed by atoms with Crippen LogP contribution in [0.2, 0.25) is 0 Å². The van der Waals surface area contributed by atoms with Crippen molar-refractivity contribution < 1.29 is 13.2 Å². The summed E-state index contributed by atoms with van der Waals surface area (Å²) in [7, 11) is 0. The van der Waals surface area contributed by atoms with Crippen molar-refractivity contribution in [2.24, 2.45) is 0 Å². The Bertz CT molecular complexity index is 393. The third-order valence-electron chi connectivity index (χ3n) is 3.70. The molecule has 0 atom stereocenters. The first-order valence-corrected chi connectivity index (χ1v) is 7.00. The van der Waals surface area contributed by atoms with Crippen LogP contribution < -0.4 is 5.32 Å².